The van der Waals surface area contributed by atoms with Gasteiger partial charge in [-0.1, -0.05) is 29.8 Å². The van der Waals surface area contributed by atoms with Crippen LogP contribution < -0.4 is 0 Å². The Labute approximate surface area is 127 Å². The van der Waals surface area contributed by atoms with Crippen LogP contribution in [0.4, 0.5) is 0 Å². The maximum absolute atomic E-state index is 12.2. The Morgan fingerprint density at radius 2 is 2.00 bits per heavy atom. The van der Waals surface area contributed by atoms with Crippen LogP contribution in [0.25, 0.3) is 0 Å². The normalized spacial score (nSPS) is 22.9. The van der Waals surface area contributed by atoms with Crippen molar-refractivity contribution in [3.63, 3.8) is 0 Å². The van der Waals surface area contributed by atoms with E-state index >= 15 is 0 Å². The number of likely N-dealkylation sites (N-methyl/N-ethyl adjacent to an activating group) is 1. The fraction of sp³-hybridized carbons (Fsp3) is 0.588. The molecule has 0 aliphatic carbocycles. The van der Waals surface area contributed by atoms with E-state index < -0.39 is 0 Å². The number of ketones is 1. The highest BCUT2D eigenvalue weighted by atomic mass is 16.3. The minimum absolute atomic E-state index is 0.181. The summed E-state index contributed by atoms with van der Waals surface area (Å²) in [5.41, 5.74) is 1.95. The third-order valence-electron chi connectivity index (χ3n) is 4.08. The second kappa shape index (κ2) is 7.16. The van der Waals surface area contributed by atoms with Crippen LogP contribution in [0.15, 0.2) is 24.3 Å². The molecule has 1 aromatic rings. The van der Waals surface area contributed by atoms with Crippen molar-refractivity contribution < 1.29 is 9.90 Å². The number of aliphatic hydroxyl groups is 1. The molecule has 116 valence electrons. The van der Waals surface area contributed by atoms with Gasteiger partial charge >= 0.3 is 0 Å². The molecule has 1 aliphatic rings. The van der Waals surface area contributed by atoms with Gasteiger partial charge in [-0.15, -0.1) is 0 Å². The van der Waals surface area contributed by atoms with E-state index in [0.29, 0.717) is 19.0 Å². The summed E-state index contributed by atoms with van der Waals surface area (Å²) >= 11 is 0. The minimum Gasteiger partial charge on any atom is -0.392 e. The predicted molar refractivity (Wildman–Crippen MR) is 84.7 cm³/mol. The van der Waals surface area contributed by atoms with Gasteiger partial charge in [-0.2, -0.15) is 0 Å². The van der Waals surface area contributed by atoms with Crippen molar-refractivity contribution in [3.05, 3.63) is 35.4 Å². The quantitative estimate of drug-likeness (QED) is 0.808. The van der Waals surface area contributed by atoms with Crippen molar-refractivity contribution in [2.24, 2.45) is 0 Å². The van der Waals surface area contributed by atoms with Crippen LogP contribution in [0.1, 0.15) is 28.8 Å². The van der Waals surface area contributed by atoms with E-state index in [-0.39, 0.29) is 11.9 Å². The molecule has 2 atom stereocenters. The first kappa shape index (κ1) is 16.1. The lowest BCUT2D eigenvalue weighted by Crippen LogP contribution is -2.38. The van der Waals surface area contributed by atoms with E-state index in [2.05, 4.69) is 9.80 Å². The molecule has 21 heavy (non-hydrogen) atoms. The number of benzene rings is 1. The zero-order valence-electron chi connectivity index (χ0n) is 13.2. The van der Waals surface area contributed by atoms with Crippen LogP contribution in [0.5, 0.6) is 0 Å². The number of rotatable bonds is 6. The fourth-order valence-electron chi connectivity index (χ4n) is 2.97. The molecule has 1 aliphatic heterocycles. The van der Waals surface area contributed by atoms with Gasteiger partial charge in [-0.05, 0) is 27.4 Å². The summed E-state index contributed by atoms with van der Waals surface area (Å²) in [6, 6.07) is 8.09. The van der Waals surface area contributed by atoms with Gasteiger partial charge in [0, 0.05) is 37.7 Å². The van der Waals surface area contributed by atoms with E-state index in [1.165, 1.54) is 5.56 Å². The molecule has 0 amide bonds. The van der Waals surface area contributed by atoms with Crippen molar-refractivity contribution in [1.82, 2.24) is 9.80 Å². The molecule has 1 saturated heterocycles. The van der Waals surface area contributed by atoms with Crippen LogP contribution >= 0.6 is 0 Å². The number of aliphatic hydroxyl groups excluding tert-OH is 1. The minimum atomic E-state index is -0.260. The lowest BCUT2D eigenvalue weighted by Gasteiger charge is -2.26. The molecule has 0 spiro atoms. The first-order valence-corrected chi connectivity index (χ1v) is 7.62. The molecule has 2 unspecified atom stereocenters. The zero-order chi connectivity index (χ0) is 15.4. The first-order chi connectivity index (χ1) is 9.95. The lowest BCUT2D eigenvalue weighted by atomic mass is 10.1. The summed E-state index contributed by atoms with van der Waals surface area (Å²) in [6.07, 6.45) is 1.06. The van der Waals surface area contributed by atoms with Crippen LogP contribution in [0.2, 0.25) is 0 Å². The average Bonchev–Trinajstić information content (AvgIpc) is 2.76. The van der Waals surface area contributed by atoms with Gasteiger partial charge < -0.3 is 10.0 Å². The number of Topliss-reactive ketones (excluding diaryl/α,β-unsaturated/α-hetero) is 1. The van der Waals surface area contributed by atoms with Gasteiger partial charge in [0.05, 0.1) is 6.10 Å². The first-order valence-electron chi connectivity index (χ1n) is 7.62. The lowest BCUT2D eigenvalue weighted by molar-refractivity contribution is 0.0952. The van der Waals surface area contributed by atoms with Crippen LogP contribution in [0, 0.1) is 6.92 Å². The Morgan fingerprint density at radius 1 is 1.33 bits per heavy atom. The molecule has 1 fully saturated rings. The van der Waals surface area contributed by atoms with Crippen LogP contribution in [-0.4, -0.2) is 66.6 Å². The highest BCUT2D eigenvalue weighted by Crippen LogP contribution is 2.19. The number of hydrogen-bond donors (Lipinski definition) is 1. The van der Waals surface area contributed by atoms with Gasteiger partial charge in [0.25, 0.3) is 0 Å². The standard InChI is InChI=1S/C17H26N2O2/c1-13-4-6-14(7-5-13)17(21)8-9-19-12-16(20)10-15(19)11-18(2)3/h4-7,15-16,20H,8-12H2,1-3H3. The summed E-state index contributed by atoms with van der Waals surface area (Å²) in [5.74, 6) is 0.181. The number of hydrogen-bond acceptors (Lipinski definition) is 4. The van der Waals surface area contributed by atoms with E-state index in [1.54, 1.807) is 0 Å². The van der Waals surface area contributed by atoms with Crippen LogP contribution in [0.3, 0.4) is 0 Å². The van der Waals surface area contributed by atoms with Crippen molar-refractivity contribution >= 4 is 5.78 Å². The molecule has 1 heterocycles. The van der Waals surface area contributed by atoms with Crippen molar-refractivity contribution in [2.75, 3.05) is 33.7 Å². The summed E-state index contributed by atoms with van der Waals surface area (Å²) in [5, 5.41) is 9.85. The number of β-amino-alcohol motifs (C(OH)–C–C–N with tert-alkyl or cyclic N) is 1. The Balaban J connectivity index is 1.89. The Morgan fingerprint density at radius 3 is 2.62 bits per heavy atom. The Kier molecular flexibility index (Phi) is 5.51. The van der Waals surface area contributed by atoms with Gasteiger partial charge in [0.1, 0.15) is 0 Å². The molecule has 2 rings (SSSR count). The monoisotopic (exact) mass is 290 g/mol. The van der Waals surface area contributed by atoms with Crippen molar-refractivity contribution in [1.29, 1.82) is 0 Å². The molecule has 0 aromatic heterocycles. The largest absolute Gasteiger partial charge is 0.392 e. The third-order valence-corrected chi connectivity index (χ3v) is 4.08. The third kappa shape index (κ3) is 4.63. The molecule has 1 aromatic carbocycles. The molecule has 4 nitrogen and oxygen atoms in total. The number of carbonyl (C=O) groups is 1. The summed E-state index contributed by atoms with van der Waals surface area (Å²) in [4.78, 5) is 16.6. The second-order valence-electron chi connectivity index (χ2n) is 6.34. The molecule has 0 radical (unpaired) electrons. The summed E-state index contributed by atoms with van der Waals surface area (Å²) < 4.78 is 0. The Bertz CT molecular complexity index is 470. The number of nitrogens with zero attached hydrogens (tertiary/aromatic N) is 2. The highest BCUT2D eigenvalue weighted by Gasteiger charge is 2.31. The molecule has 0 bridgehead atoms. The van der Waals surface area contributed by atoms with Gasteiger partial charge in [0.15, 0.2) is 5.78 Å². The number of aryl methyl sites for hydroxylation is 1. The molecular weight excluding hydrogens is 264 g/mol. The fourth-order valence-corrected chi connectivity index (χ4v) is 2.97. The van der Waals surface area contributed by atoms with E-state index in [0.717, 1.165) is 25.1 Å². The topological polar surface area (TPSA) is 43.8 Å². The predicted octanol–water partition coefficient (Wildman–Crippen LogP) is 1.56. The smallest absolute Gasteiger partial charge is 0.164 e. The molecule has 0 saturated carbocycles. The van der Waals surface area contributed by atoms with Gasteiger partial charge in [-0.3, -0.25) is 9.69 Å². The van der Waals surface area contributed by atoms with Crippen molar-refractivity contribution in [2.45, 2.75) is 31.9 Å². The van der Waals surface area contributed by atoms with E-state index in [4.69, 9.17) is 0 Å². The second-order valence-corrected chi connectivity index (χ2v) is 6.34. The van der Waals surface area contributed by atoms with Gasteiger partial charge in [0.2, 0.25) is 0 Å². The number of likely N-dealkylation sites (tertiary alicyclic amines) is 1. The number of carbonyl (C=O) groups excluding carboxylic acids is 1. The Hall–Kier alpha value is -1.23. The summed E-state index contributed by atoms with van der Waals surface area (Å²) in [6.45, 7) is 4.35. The highest BCUT2D eigenvalue weighted by molar-refractivity contribution is 5.96. The van der Waals surface area contributed by atoms with E-state index in [9.17, 15) is 9.90 Å². The average molecular weight is 290 g/mol. The van der Waals surface area contributed by atoms with Gasteiger partial charge in [-0.25, -0.2) is 0 Å². The molecule has 1 N–H and O–H groups in total. The van der Waals surface area contributed by atoms with Crippen molar-refractivity contribution in [3.8, 4) is 0 Å². The SMILES string of the molecule is Cc1ccc(C(=O)CCN2CC(O)CC2CN(C)C)cc1. The maximum Gasteiger partial charge on any atom is 0.164 e. The maximum atomic E-state index is 12.2. The summed E-state index contributed by atoms with van der Waals surface area (Å²) in [7, 11) is 4.08. The molecular formula is C17H26N2O2. The molecule has 4 heteroatoms. The van der Waals surface area contributed by atoms with Crippen LogP contribution in [-0.2, 0) is 0 Å². The zero-order valence-corrected chi connectivity index (χ0v) is 13.2. The van der Waals surface area contributed by atoms with E-state index in [1.807, 2.05) is 45.3 Å².